The number of hydrogen-bond acceptors (Lipinski definition) is 4. The van der Waals surface area contributed by atoms with Gasteiger partial charge in [0.2, 0.25) is 5.91 Å². The first-order valence-electron chi connectivity index (χ1n) is 8.69. The first-order chi connectivity index (χ1) is 13.5. The number of carbonyl (C=O) groups is 1. The number of anilines is 1. The molecule has 0 saturated heterocycles. The lowest BCUT2D eigenvalue weighted by atomic mass is 10.1. The monoisotopic (exact) mass is 381 g/mol. The predicted molar refractivity (Wildman–Crippen MR) is 104 cm³/mol. The van der Waals surface area contributed by atoms with E-state index in [-0.39, 0.29) is 12.3 Å². The molecule has 144 valence electrons. The van der Waals surface area contributed by atoms with E-state index in [1.54, 1.807) is 49.6 Å². The molecule has 0 aliphatic rings. The van der Waals surface area contributed by atoms with Crippen LogP contribution in [0, 0.1) is 5.82 Å². The molecule has 0 spiro atoms. The van der Waals surface area contributed by atoms with Gasteiger partial charge in [0.25, 0.3) is 0 Å². The second-order valence-corrected chi connectivity index (χ2v) is 6.10. The molecule has 2 N–H and O–H groups in total. The third-order valence-electron chi connectivity index (χ3n) is 4.05. The Morgan fingerprint density at radius 1 is 1.04 bits per heavy atom. The number of nitrogens with one attached hydrogen (secondary N) is 1. The molecule has 0 saturated carbocycles. The fraction of sp³-hybridized carbons (Fsp3) is 0.136. The van der Waals surface area contributed by atoms with Crippen molar-refractivity contribution in [3.63, 3.8) is 0 Å². The van der Waals surface area contributed by atoms with E-state index in [2.05, 4.69) is 5.32 Å². The van der Waals surface area contributed by atoms with E-state index >= 15 is 0 Å². The average molecular weight is 381 g/mol. The number of benzene rings is 3. The Morgan fingerprint density at radius 3 is 2.43 bits per heavy atom. The number of aliphatic hydroxyl groups is 1. The van der Waals surface area contributed by atoms with Crippen LogP contribution in [0.15, 0.2) is 72.8 Å². The largest absolute Gasteiger partial charge is 0.493 e. The molecule has 0 aliphatic heterocycles. The van der Waals surface area contributed by atoms with Crippen molar-refractivity contribution in [3.8, 4) is 17.2 Å². The van der Waals surface area contributed by atoms with E-state index in [1.165, 1.54) is 18.2 Å². The van der Waals surface area contributed by atoms with Crippen molar-refractivity contribution in [3.05, 3.63) is 84.2 Å². The Bertz CT molecular complexity index is 943. The summed E-state index contributed by atoms with van der Waals surface area (Å²) in [6.07, 6.45) is -1.26. The highest BCUT2D eigenvalue weighted by molar-refractivity contribution is 5.91. The first kappa shape index (κ1) is 19.4. The van der Waals surface area contributed by atoms with Crippen molar-refractivity contribution in [2.24, 2.45) is 0 Å². The third-order valence-corrected chi connectivity index (χ3v) is 4.05. The minimum Gasteiger partial charge on any atom is -0.493 e. The number of ether oxygens (including phenoxy) is 2. The van der Waals surface area contributed by atoms with Crippen LogP contribution in [0.25, 0.3) is 0 Å². The fourth-order valence-corrected chi connectivity index (χ4v) is 2.66. The van der Waals surface area contributed by atoms with E-state index < -0.39 is 11.9 Å². The van der Waals surface area contributed by atoms with Crippen LogP contribution in [0.2, 0.25) is 0 Å². The molecule has 0 aliphatic carbocycles. The van der Waals surface area contributed by atoms with Crippen LogP contribution in [0.1, 0.15) is 18.1 Å². The Balaban J connectivity index is 1.58. The van der Waals surface area contributed by atoms with E-state index in [0.29, 0.717) is 28.5 Å². The van der Waals surface area contributed by atoms with Crippen LogP contribution in [-0.4, -0.2) is 18.1 Å². The molecule has 0 bridgehead atoms. The second kappa shape index (κ2) is 9.01. The summed E-state index contributed by atoms with van der Waals surface area (Å²) in [5, 5.41) is 12.8. The van der Waals surface area contributed by atoms with Gasteiger partial charge < -0.3 is 19.9 Å². The first-order valence-corrected chi connectivity index (χ1v) is 8.69. The van der Waals surface area contributed by atoms with Gasteiger partial charge in [-0.05, 0) is 54.1 Å². The number of hydrogen-bond donors (Lipinski definition) is 2. The molecular weight excluding hydrogens is 361 g/mol. The molecule has 0 fully saturated rings. The maximum atomic E-state index is 13.2. The van der Waals surface area contributed by atoms with Crippen molar-refractivity contribution in [2.45, 2.75) is 12.5 Å². The van der Waals surface area contributed by atoms with Gasteiger partial charge >= 0.3 is 0 Å². The summed E-state index contributed by atoms with van der Waals surface area (Å²) >= 11 is 0. The zero-order chi connectivity index (χ0) is 19.9. The molecule has 6 heteroatoms. The zero-order valence-electron chi connectivity index (χ0n) is 15.3. The Morgan fingerprint density at radius 2 is 1.75 bits per heavy atom. The average Bonchev–Trinajstić information content (AvgIpc) is 2.70. The summed E-state index contributed by atoms with van der Waals surface area (Å²) in [5.74, 6) is 0.950. The van der Waals surface area contributed by atoms with E-state index in [9.17, 15) is 14.3 Å². The summed E-state index contributed by atoms with van der Waals surface area (Å²) in [5.41, 5.74) is 0.916. The molecule has 28 heavy (non-hydrogen) atoms. The fourth-order valence-electron chi connectivity index (χ4n) is 2.66. The number of amides is 1. The second-order valence-electron chi connectivity index (χ2n) is 6.10. The van der Waals surface area contributed by atoms with Gasteiger partial charge in [0.1, 0.15) is 11.6 Å². The number of aliphatic hydroxyl groups excluding tert-OH is 1. The standard InChI is InChI=1S/C22H20FNO4/c1-27-20-7-2-3-8-21(20)28-18-11-9-17(10-12-18)24-22(26)14-19(25)15-5-4-6-16(23)13-15/h2-13,19,25H,14H2,1H3,(H,24,26)/t19-/m0/s1. The molecule has 3 aromatic rings. The van der Waals surface area contributed by atoms with Gasteiger partial charge in [-0.25, -0.2) is 4.39 Å². The normalized spacial score (nSPS) is 11.5. The van der Waals surface area contributed by atoms with E-state index in [1.807, 2.05) is 12.1 Å². The number of para-hydroxylation sites is 2. The molecule has 0 radical (unpaired) electrons. The Labute approximate surface area is 162 Å². The zero-order valence-corrected chi connectivity index (χ0v) is 15.3. The van der Waals surface area contributed by atoms with Crippen LogP contribution in [0.5, 0.6) is 17.2 Å². The summed E-state index contributed by atoms with van der Waals surface area (Å²) in [6.45, 7) is 0. The smallest absolute Gasteiger partial charge is 0.227 e. The van der Waals surface area contributed by atoms with Gasteiger partial charge in [-0.3, -0.25) is 4.79 Å². The summed E-state index contributed by atoms with van der Waals surface area (Å²) in [7, 11) is 1.57. The molecule has 0 heterocycles. The third kappa shape index (κ3) is 5.08. The van der Waals surface area contributed by atoms with Gasteiger partial charge in [0.15, 0.2) is 11.5 Å². The topological polar surface area (TPSA) is 67.8 Å². The lowest BCUT2D eigenvalue weighted by molar-refractivity contribution is -0.118. The quantitative estimate of drug-likeness (QED) is 0.623. The highest BCUT2D eigenvalue weighted by atomic mass is 19.1. The van der Waals surface area contributed by atoms with Crippen LogP contribution >= 0.6 is 0 Å². The van der Waals surface area contributed by atoms with Gasteiger partial charge in [-0.15, -0.1) is 0 Å². The summed E-state index contributed by atoms with van der Waals surface area (Å²) in [6, 6.07) is 19.7. The molecule has 5 nitrogen and oxygen atoms in total. The maximum absolute atomic E-state index is 13.2. The van der Waals surface area contributed by atoms with Gasteiger partial charge in [0.05, 0.1) is 19.6 Å². The van der Waals surface area contributed by atoms with Crippen LogP contribution < -0.4 is 14.8 Å². The molecule has 3 aromatic carbocycles. The van der Waals surface area contributed by atoms with Crippen molar-refractivity contribution in [2.75, 3.05) is 12.4 Å². The number of halogens is 1. The Hall–Kier alpha value is -3.38. The molecule has 1 amide bonds. The molecule has 0 unspecified atom stereocenters. The van der Waals surface area contributed by atoms with Crippen molar-refractivity contribution in [1.82, 2.24) is 0 Å². The molecule has 0 aromatic heterocycles. The van der Waals surface area contributed by atoms with E-state index in [4.69, 9.17) is 9.47 Å². The van der Waals surface area contributed by atoms with Crippen molar-refractivity contribution >= 4 is 11.6 Å². The summed E-state index contributed by atoms with van der Waals surface area (Å²) < 4.78 is 24.2. The van der Waals surface area contributed by atoms with Gasteiger partial charge in [-0.2, -0.15) is 0 Å². The number of rotatable bonds is 7. The van der Waals surface area contributed by atoms with Gasteiger partial charge in [-0.1, -0.05) is 24.3 Å². The number of methoxy groups -OCH3 is 1. The van der Waals surface area contributed by atoms with Crippen LogP contribution in [0.4, 0.5) is 10.1 Å². The van der Waals surface area contributed by atoms with Gasteiger partial charge in [0, 0.05) is 5.69 Å². The molecular formula is C22H20FNO4. The maximum Gasteiger partial charge on any atom is 0.227 e. The SMILES string of the molecule is COc1ccccc1Oc1ccc(NC(=O)C[C@H](O)c2cccc(F)c2)cc1. The minimum atomic E-state index is -1.08. The minimum absolute atomic E-state index is 0.178. The van der Waals surface area contributed by atoms with Crippen molar-refractivity contribution in [1.29, 1.82) is 0 Å². The van der Waals surface area contributed by atoms with Crippen LogP contribution in [0.3, 0.4) is 0 Å². The Kier molecular flexibility index (Phi) is 6.24. The highest BCUT2D eigenvalue weighted by Crippen LogP contribution is 2.31. The van der Waals surface area contributed by atoms with Crippen molar-refractivity contribution < 1.29 is 23.8 Å². The van der Waals surface area contributed by atoms with E-state index in [0.717, 1.165) is 0 Å². The number of carbonyl (C=O) groups excluding carboxylic acids is 1. The lowest BCUT2D eigenvalue weighted by Gasteiger charge is -2.12. The predicted octanol–water partition coefficient (Wildman–Crippen LogP) is 4.69. The lowest BCUT2D eigenvalue weighted by Crippen LogP contribution is -2.15. The van der Waals surface area contributed by atoms with Crippen LogP contribution in [-0.2, 0) is 4.79 Å². The molecule has 3 rings (SSSR count). The molecule has 1 atom stereocenters. The highest BCUT2D eigenvalue weighted by Gasteiger charge is 2.14. The summed E-state index contributed by atoms with van der Waals surface area (Å²) in [4.78, 5) is 12.1.